The molecule has 0 bridgehead atoms. The van der Waals surface area contributed by atoms with Gasteiger partial charge in [-0.2, -0.15) is 0 Å². The van der Waals surface area contributed by atoms with Crippen molar-refractivity contribution in [2.75, 3.05) is 0 Å². The summed E-state index contributed by atoms with van der Waals surface area (Å²) in [5.41, 5.74) is 3.10. The second-order valence-corrected chi connectivity index (χ2v) is 4.66. The molecule has 2 aromatic rings. The van der Waals surface area contributed by atoms with Gasteiger partial charge in [0, 0.05) is 28.3 Å². The molecule has 0 aromatic heterocycles. The number of hydrogen-bond acceptors (Lipinski definition) is 5. The Kier molecular flexibility index (Phi) is 1.78. The van der Waals surface area contributed by atoms with Crippen LogP contribution < -0.4 is 9.47 Å². The van der Waals surface area contributed by atoms with E-state index in [1.165, 1.54) is 6.07 Å². The first kappa shape index (κ1) is 10.4. The van der Waals surface area contributed by atoms with E-state index in [2.05, 4.69) is 0 Å². The summed E-state index contributed by atoms with van der Waals surface area (Å²) < 4.78 is 11.1. The summed E-state index contributed by atoms with van der Waals surface area (Å²) in [4.78, 5) is 0. The maximum Gasteiger partial charge on any atom is 0.201 e. The molecule has 19 heavy (non-hydrogen) atoms. The van der Waals surface area contributed by atoms with Crippen LogP contribution >= 0.6 is 0 Å². The number of rotatable bonds is 0. The third-order valence-electron chi connectivity index (χ3n) is 3.49. The molecule has 2 aliphatic rings. The monoisotopic (exact) mass is 258 g/mol. The highest BCUT2D eigenvalue weighted by molar-refractivity contribution is 5.87. The van der Waals surface area contributed by atoms with E-state index in [1.807, 2.05) is 0 Å². The van der Waals surface area contributed by atoms with Gasteiger partial charge in [0.15, 0.2) is 11.5 Å². The van der Waals surface area contributed by atoms with Crippen LogP contribution in [0.1, 0.15) is 11.1 Å². The standard InChI is InChI=1S/C14H10O5/c15-8-1-6-5-19-14-12-7(2-9(16)13(14)17)4-18-10(3-8)11(6)12/h1-3,15-17H,4-5H2. The van der Waals surface area contributed by atoms with Crippen LogP contribution in [-0.2, 0) is 13.2 Å². The molecule has 5 nitrogen and oxygen atoms in total. The lowest BCUT2D eigenvalue weighted by Crippen LogP contribution is -2.14. The predicted octanol–water partition coefficient (Wildman–Crippen LogP) is 2.26. The number of phenolic OH excluding ortho intramolecular Hbond substituents is 3. The van der Waals surface area contributed by atoms with Crippen LogP contribution in [0.5, 0.6) is 28.7 Å². The van der Waals surface area contributed by atoms with Gasteiger partial charge in [-0.15, -0.1) is 0 Å². The first-order valence-corrected chi connectivity index (χ1v) is 5.85. The minimum atomic E-state index is -0.259. The van der Waals surface area contributed by atoms with Gasteiger partial charge >= 0.3 is 0 Å². The van der Waals surface area contributed by atoms with E-state index in [0.29, 0.717) is 5.75 Å². The Bertz CT molecular complexity index is 703. The number of hydrogen-bond donors (Lipinski definition) is 3. The quantitative estimate of drug-likeness (QED) is 0.632. The van der Waals surface area contributed by atoms with Gasteiger partial charge in [0.1, 0.15) is 24.7 Å². The zero-order valence-corrected chi connectivity index (χ0v) is 9.80. The molecule has 0 aliphatic carbocycles. The Morgan fingerprint density at radius 1 is 0.842 bits per heavy atom. The van der Waals surface area contributed by atoms with Crippen LogP contribution in [0, 0.1) is 0 Å². The van der Waals surface area contributed by atoms with Crippen LogP contribution in [0.25, 0.3) is 11.1 Å². The molecule has 4 rings (SSSR count). The van der Waals surface area contributed by atoms with Gasteiger partial charge < -0.3 is 24.8 Å². The van der Waals surface area contributed by atoms with E-state index in [1.54, 1.807) is 12.1 Å². The third-order valence-corrected chi connectivity index (χ3v) is 3.49. The molecule has 2 aliphatic heterocycles. The Hall–Kier alpha value is -2.56. The number of aromatic hydroxyl groups is 3. The molecular weight excluding hydrogens is 248 g/mol. The molecule has 3 N–H and O–H groups in total. The lowest BCUT2D eigenvalue weighted by Gasteiger charge is -2.29. The van der Waals surface area contributed by atoms with Crippen LogP contribution in [0.2, 0.25) is 0 Å². The van der Waals surface area contributed by atoms with Crippen molar-refractivity contribution in [2.24, 2.45) is 0 Å². The average Bonchev–Trinajstić information content (AvgIpc) is 2.39. The SMILES string of the molecule is Oc1cc2c3c(c1)OCc1cc(O)c(O)c(c1-3)OC2. The van der Waals surface area contributed by atoms with E-state index < -0.39 is 0 Å². The van der Waals surface area contributed by atoms with Crippen molar-refractivity contribution in [1.29, 1.82) is 0 Å². The summed E-state index contributed by atoms with van der Waals surface area (Å²) in [5.74, 6) is 0.482. The molecular formula is C14H10O5. The molecule has 0 spiro atoms. The second-order valence-electron chi connectivity index (χ2n) is 4.66. The highest BCUT2D eigenvalue weighted by atomic mass is 16.5. The largest absolute Gasteiger partial charge is 0.508 e. The van der Waals surface area contributed by atoms with Gasteiger partial charge in [0.05, 0.1) is 0 Å². The molecule has 0 fully saturated rings. The van der Waals surface area contributed by atoms with E-state index in [9.17, 15) is 15.3 Å². The van der Waals surface area contributed by atoms with Crippen molar-refractivity contribution in [3.8, 4) is 39.9 Å². The topological polar surface area (TPSA) is 79.2 Å². The first-order chi connectivity index (χ1) is 9.15. The van der Waals surface area contributed by atoms with Gasteiger partial charge in [0.25, 0.3) is 0 Å². The van der Waals surface area contributed by atoms with Crippen LogP contribution in [0.4, 0.5) is 0 Å². The van der Waals surface area contributed by atoms with Gasteiger partial charge in [0.2, 0.25) is 5.75 Å². The minimum Gasteiger partial charge on any atom is -0.508 e. The summed E-state index contributed by atoms with van der Waals surface area (Å²) in [7, 11) is 0. The zero-order valence-electron chi connectivity index (χ0n) is 9.80. The molecule has 0 unspecified atom stereocenters. The van der Waals surface area contributed by atoms with E-state index in [4.69, 9.17) is 9.47 Å². The number of ether oxygens (including phenoxy) is 2. The normalized spacial score (nSPS) is 14.3. The Morgan fingerprint density at radius 2 is 1.58 bits per heavy atom. The minimum absolute atomic E-state index is 0.118. The van der Waals surface area contributed by atoms with E-state index in [-0.39, 0.29) is 36.2 Å². The molecule has 5 heteroatoms. The maximum atomic E-state index is 9.90. The fourth-order valence-corrected chi connectivity index (χ4v) is 2.69. The third kappa shape index (κ3) is 1.24. The lowest BCUT2D eigenvalue weighted by atomic mass is 9.90. The van der Waals surface area contributed by atoms with Crippen molar-refractivity contribution < 1.29 is 24.8 Å². The summed E-state index contributed by atoms with van der Waals surface area (Å²) >= 11 is 0. The van der Waals surface area contributed by atoms with Crippen molar-refractivity contribution in [2.45, 2.75) is 13.2 Å². The highest BCUT2D eigenvalue weighted by Crippen LogP contribution is 2.54. The lowest BCUT2D eigenvalue weighted by molar-refractivity contribution is 0.261. The molecule has 96 valence electrons. The average molecular weight is 258 g/mol. The maximum absolute atomic E-state index is 9.90. The predicted molar refractivity (Wildman–Crippen MR) is 65.5 cm³/mol. The summed E-state index contributed by atoms with van der Waals surface area (Å²) in [6.07, 6.45) is 0. The van der Waals surface area contributed by atoms with Crippen LogP contribution in [-0.4, -0.2) is 15.3 Å². The second kappa shape index (κ2) is 3.26. The van der Waals surface area contributed by atoms with Crippen LogP contribution in [0.3, 0.4) is 0 Å². The van der Waals surface area contributed by atoms with E-state index >= 15 is 0 Å². The smallest absolute Gasteiger partial charge is 0.201 e. The van der Waals surface area contributed by atoms with Gasteiger partial charge in [-0.3, -0.25) is 0 Å². The van der Waals surface area contributed by atoms with Gasteiger partial charge in [-0.25, -0.2) is 0 Å². The number of benzene rings is 2. The first-order valence-electron chi connectivity index (χ1n) is 5.85. The van der Waals surface area contributed by atoms with Gasteiger partial charge in [-0.1, -0.05) is 0 Å². The number of phenols is 3. The molecule has 0 amide bonds. The summed E-state index contributed by atoms with van der Waals surface area (Å²) in [6, 6.07) is 4.63. The Labute approximate surface area is 108 Å². The molecule has 0 saturated heterocycles. The fourth-order valence-electron chi connectivity index (χ4n) is 2.69. The zero-order chi connectivity index (χ0) is 13.1. The fraction of sp³-hybridized carbons (Fsp3) is 0.143. The molecule has 0 saturated carbocycles. The Morgan fingerprint density at radius 3 is 2.42 bits per heavy atom. The highest BCUT2D eigenvalue weighted by Gasteiger charge is 2.32. The molecule has 2 heterocycles. The summed E-state index contributed by atoms with van der Waals surface area (Å²) in [6.45, 7) is 0.471. The molecule has 2 aromatic carbocycles. The Balaban J connectivity index is 2.13. The van der Waals surface area contributed by atoms with Gasteiger partial charge in [-0.05, 0) is 12.1 Å². The van der Waals surface area contributed by atoms with Crippen molar-refractivity contribution in [3.63, 3.8) is 0 Å². The van der Waals surface area contributed by atoms with E-state index in [0.717, 1.165) is 22.3 Å². The molecule has 0 radical (unpaired) electrons. The van der Waals surface area contributed by atoms with Crippen molar-refractivity contribution >= 4 is 0 Å². The van der Waals surface area contributed by atoms with Crippen LogP contribution in [0.15, 0.2) is 18.2 Å². The van der Waals surface area contributed by atoms with Crippen molar-refractivity contribution in [3.05, 3.63) is 29.3 Å². The van der Waals surface area contributed by atoms with Crippen molar-refractivity contribution in [1.82, 2.24) is 0 Å². The molecule has 0 atom stereocenters. The summed E-state index contributed by atoms with van der Waals surface area (Å²) in [5, 5.41) is 29.2.